The van der Waals surface area contributed by atoms with Crippen molar-refractivity contribution < 1.29 is 13.2 Å². The molecule has 0 radical (unpaired) electrons. The number of anilines is 3. The molecule has 0 atom stereocenters. The molecule has 0 aliphatic carbocycles. The number of nitrogen functional groups attached to an aromatic ring is 1. The van der Waals surface area contributed by atoms with E-state index in [4.69, 9.17) is 20.4 Å². The first-order chi connectivity index (χ1) is 14.4. The highest BCUT2D eigenvalue weighted by Gasteiger charge is 2.17. The molecule has 3 N–H and O–H groups in total. The van der Waals surface area contributed by atoms with Gasteiger partial charge in [0.05, 0.1) is 30.9 Å². The second-order valence-electron chi connectivity index (χ2n) is 6.82. The van der Waals surface area contributed by atoms with Gasteiger partial charge >= 0.3 is 0 Å². The monoisotopic (exact) mass is 427 g/mol. The van der Waals surface area contributed by atoms with Gasteiger partial charge in [0, 0.05) is 36.6 Å². The van der Waals surface area contributed by atoms with Gasteiger partial charge in [-0.25, -0.2) is 28.4 Å². The minimum Gasteiger partial charge on any atom is -0.384 e. The van der Waals surface area contributed by atoms with Crippen LogP contribution in [0.4, 0.5) is 17.6 Å². The topological polar surface area (TPSA) is 136 Å². The van der Waals surface area contributed by atoms with Crippen LogP contribution >= 0.6 is 0 Å². The van der Waals surface area contributed by atoms with Gasteiger partial charge in [-0.05, 0) is 30.3 Å². The minimum atomic E-state index is -3.40. The van der Waals surface area contributed by atoms with Crippen LogP contribution in [0.25, 0.3) is 22.5 Å². The van der Waals surface area contributed by atoms with Crippen molar-refractivity contribution >= 4 is 27.6 Å². The molecule has 0 unspecified atom stereocenters. The van der Waals surface area contributed by atoms with Crippen LogP contribution < -0.4 is 15.4 Å². The van der Waals surface area contributed by atoms with Gasteiger partial charge in [-0.15, -0.1) is 0 Å². The molecule has 0 saturated carbocycles. The van der Waals surface area contributed by atoms with Crippen molar-refractivity contribution in [3.05, 3.63) is 42.7 Å². The molecule has 1 fully saturated rings. The van der Waals surface area contributed by atoms with E-state index in [-0.39, 0.29) is 5.82 Å². The molecule has 1 aliphatic heterocycles. The molecule has 4 heterocycles. The lowest BCUT2D eigenvalue weighted by molar-refractivity contribution is 0.122. The first-order valence-electron chi connectivity index (χ1n) is 9.25. The van der Waals surface area contributed by atoms with Crippen LogP contribution in [0, 0.1) is 0 Å². The Balaban J connectivity index is 1.74. The minimum absolute atomic E-state index is 0.242. The predicted molar refractivity (Wildman–Crippen MR) is 114 cm³/mol. The lowest BCUT2D eigenvalue weighted by atomic mass is 10.1. The SMILES string of the molecule is CS(=O)(=O)Nc1ccc(-c2cc(-c3ccc(N)nc3)nc(N3CCOCC3)n2)cn1. The average molecular weight is 427 g/mol. The highest BCUT2D eigenvalue weighted by atomic mass is 32.2. The molecule has 3 aromatic heterocycles. The number of morpholine rings is 1. The summed E-state index contributed by atoms with van der Waals surface area (Å²) in [5.74, 6) is 1.26. The molecular weight excluding hydrogens is 406 g/mol. The Bertz CT molecular complexity index is 1130. The van der Waals surface area contributed by atoms with Crippen LogP contribution in [0.3, 0.4) is 0 Å². The molecule has 1 saturated heterocycles. The normalized spacial score (nSPS) is 14.5. The molecule has 11 heteroatoms. The van der Waals surface area contributed by atoms with Gasteiger partial charge in [-0.3, -0.25) is 4.72 Å². The summed E-state index contributed by atoms with van der Waals surface area (Å²) in [7, 11) is -3.40. The van der Waals surface area contributed by atoms with Crippen molar-refractivity contribution in [3.63, 3.8) is 0 Å². The molecule has 0 amide bonds. The van der Waals surface area contributed by atoms with E-state index in [9.17, 15) is 8.42 Å². The van der Waals surface area contributed by atoms with Crippen molar-refractivity contribution in [2.75, 3.05) is 47.9 Å². The molecule has 156 valence electrons. The van der Waals surface area contributed by atoms with Crippen LogP contribution in [-0.2, 0) is 14.8 Å². The van der Waals surface area contributed by atoms with Crippen LogP contribution in [-0.4, -0.2) is 60.9 Å². The highest BCUT2D eigenvalue weighted by Crippen LogP contribution is 2.27. The van der Waals surface area contributed by atoms with Crippen molar-refractivity contribution in [1.29, 1.82) is 0 Å². The van der Waals surface area contributed by atoms with E-state index in [0.29, 0.717) is 49.5 Å². The molecule has 30 heavy (non-hydrogen) atoms. The molecular formula is C19H21N7O3S. The molecule has 10 nitrogen and oxygen atoms in total. The molecule has 3 aromatic rings. The fraction of sp³-hybridized carbons (Fsp3) is 0.263. The molecule has 0 bridgehead atoms. The first kappa shape index (κ1) is 20.0. The summed E-state index contributed by atoms with van der Waals surface area (Å²) >= 11 is 0. The number of aromatic nitrogens is 4. The van der Waals surface area contributed by atoms with Gasteiger partial charge in [0.15, 0.2) is 0 Å². The second kappa shape index (κ2) is 8.20. The quantitative estimate of drug-likeness (QED) is 0.619. The molecule has 4 rings (SSSR count). The summed E-state index contributed by atoms with van der Waals surface area (Å²) in [5, 5.41) is 0. The molecule has 0 aromatic carbocycles. The molecule has 1 aliphatic rings. The summed E-state index contributed by atoms with van der Waals surface area (Å²) in [6, 6.07) is 8.78. The molecule has 0 spiro atoms. The fourth-order valence-electron chi connectivity index (χ4n) is 2.99. The number of nitrogens with one attached hydrogen (secondary N) is 1. The Labute approximate surface area is 174 Å². The largest absolute Gasteiger partial charge is 0.384 e. The Kier molecular flexibility index (Phi) is 5.46. The van der Waals surface area contributed by atoms with Gasteiger partial charge in [-0.1, -0.05) is 0 Å². The van der Waals surface area contributed by atoms with Crippen LogP contribution in [0.5, 0.6) is 0 Å². The smallest absolute Gasteiger partial charge is 0.230 e. The third-order valence-electron chi connectivity index (χ3n) is 4.44. The van der Waals surface area contributed by atoms with E-state index in [1.54, 1.807) is 30.6 Å². The zero-order chi connectivity index (χ0) is 21.1. The van der Waals surface area contributed by atoms with Gasteiger partial charge in [-0.2, -0.15) is 0 Å². The number of pyridine rings is 2. The van der Waals surface area contributed by atoms with Crippen molar-refractivity contribution in [3.8, 4) is 22.5 Å². The summed E-state index contributed by atoms with van der Waals surface area (Å²) in [4.78, 5) is 19.8. The van der Waals surface area contributed by atoms with Gasteiger partial charge < -0.3 is 15.4 Å². The lowest BCUT2D eigenvalue weighted by Gasteiger charge is -2.27. The third-order valence-corrected chi connectivity index (χ3v) is 5.02. The summed E-state index contributed by atoms with van der Waals surface area (Å²) < 4.78 is 30.6. The lowest BCUT2D eigenvalue weighted by Crippen LogP contribution is -2.37. The van der Waals surface area contributed by atoms with Gasteiger partial charge in [0.2, 0.25) is 16.0 Å². The Morgan fingerprint density at radius 3 is 2.17 bits per heavy atom. The summed E-state index contributed by atoms with van der Waals surface area (Å²) in [6.07, 6.45) is 4.32. The zero-order valence-electron chi connectivity index (χ0n) is 16.3. The average Bonchev–Trinajstić information content (AvgIpc) is 2.74. The zero-order valence-corrected chi connectivity index (χ0v) is 17.1. The number of sulfonamides is 1. The maximum atomic E-state index is 11.4. The number of hydrogen-bond donors (Lipinski definition) is 2. The standard InChI is InChI=1S/C19H21N7O3S/c1-30(27,28)25-18-5-3-14(12-22-18)16-10-15(13-2-4-17(20)21-11-13)23-19(24-16)26-6-8-29-9-7-26/h2-5,10-12H,6-9H2,1H3,(H2,20,21)(H,22,25). The maximum absolute atomic E-state index is 11.4. The van der Waals surface area contributed by atoms with Crippen molar-refractivity contribution in [2.45, 2.75) is 0 Å². The van der Waals surface area contributed by atoms with Gasteiger partial charge in [0.25, 0.3) is 0 Å². The number of rotatable bonds is 5. The first-order valence-corrected chi connectivity index (χ1v) is 11.1. The Morgan fingerprint density at radius 2 is 1.63 bits per heavy atom. The van der Waals surface area contributed by atoms with Crippen LogP contribution in [0.2, 0.25) is 0 Å². The van der Waals surface area contributed by atoms with Crippen molar-refractivity contribution in [2.24, 2.45) is 0 Å². The Hall–Kier alpha value is -3.31. The Morgan fingerprint density at radius 1 is 1.00 bits per heavy atom. The van der Waals surface area contributed by atoms with Crippen LogP contribution in [0.15, 0.2) is 42.7 Å². The highest BCUT2D eigenvalue weighted by molar-refractivity contribution is 7.92. The number of nitrogens with zero attached hydrogens (tertiary/aromatic N) is 5. The van der Waals surface area contributed by atoms with E-state index in [0.717, 1.165) is 17.4 Å². The van der Waals surface area contributed by atoms with Crippen molar-refractivity contribution in [1.82, 2.24) is 19.9 Å². The van der Waals surface area contributed by atoms with E-state index < -0.39 is 10.0 Å². The van der Waals surface area contributed by atoms with Gasteiger partial charge in [0.1, 0.15) is 11.6 Å². The summed E-state index contributed by atoms with van der Waals surface area (Å²) in [6.45, 7) is 2.61. The van der Waals surface area contributed by atoms with E-state index in [1.807, 2.05) is 12.1 Å². The van der Waals surface area contributed by atoms with E-state index in [2.05, 4.69) is 19.6 Å². The number of ether oxygens (including phenoxy) is 1. The maximum Gasteiger partial charge on any atom is 0.230 e. The van der Waals surface area contributed by atoms with E-state index >= 15 is 0 Å². The fourth-order valence-corrected chi connectivity index (χ4v) is 3.49. The second-order valence-corrected chi connectivity index (χ2v) is 8.56. The third kappa shape index (κ3) is 4.81. The predicted octanol–water partition coefficient (Wildman–Crippen LogP) is 1.39. The number of hydrogen-bond acceptors (Lipinski definition) is 9. The summed E-state index contributed by atoms with van der Waals surface area (Å²) in [5.41, 5.74) is 8.62. The van der Waals surface area contributed by atoms with E-state index in [1.165, 1.54) is 0 Å². The van der Waals surface area contributed by atoms with Crippen LogP contribution in [0.1, 0.15) is 0 Å². The number of nitrogens with two attached hydrogens (primary N) is 1.